The van der Waals surface area contributed by atoms with Gasteiger partial charge in [-0.1, -0.05) is 30.3 Å². The van der Waals surface area contributed by atoms with E-state index in [1.54, 1.807) is 11.3 Å². The Hall–Kier alpha value is -1.00. The number of nitrogens with zero attached hydrogens (tertiary/aromatic N) is 1. The number of aromatic nitrogens is 1. The van der Waals surface area contributed by atoms with E-state index in [4.69, 9.17) is 0 Å². The first-order valence-corrected chi connectivity index (χ1v) is 5.99. The van der Waals surface area contributed by atoms with Crippen molar-refractivity contribution in [3.8, 4) is 0 Å². The van der Waals surface area contributed by atoms with Crippen LogP contribution in [0, 0.1) is 13.8 Å². The predicted octanol–water partition coefficient (Wildman–Crippen LogP) is 3.76. The van der Waals surface area contributed by atoms with E-state index in [-0.39, 0.29) is 22.8 Å². The average molecular weight is 312 g/mol. The summed E-state index contributed by atoms with van der Waals surface area (Å²) in [6, 6.07) is 9.36. The van der Waals surface area contributed by atoms with Crippen molar-refractivity contribution < 1.29 is 4.79 Å². The molecule has 0 bridgehead atoms. The van der Waals surface area contributed by atoms with Crippen LogP contribution >= 0.6 is 28.3 Å². The number of Topliss-reactive ketones (excluding diaryl/α,β-unsaturated/α-hetero) is 1. The Morgan fingerprint density at radius 2 is 1.88 bits per heavy atom. The average Bonchev–Trinajstić information content (AvgIpc) is 2.59. The van der Waals surface area contributed by atoms with Gasteiger partial charge < -0.3 is 0 Å². The number of ketones is 1. The molecule has 0 fully saturated rings. The Bertz CT molecular complexity index is 488. The molecule has 0 atom stereocenters. The molecule has 0 saturated carbocycles. The van der Waals surface area contributed by atoms with Gasteiger partial charge in [-0.3, -0.25) is 4.79 Å². The largest absolute Gasteiger partial charge is 0.294 e. The lowest BCUT2D eigenvalue weighted by atomic mass is 10.1. The third kappa shape index (κ3) is 3.48. The van der Waals surface area contributed by atoms with E-state index in [2.05, 4.69) is 4.98 Å². The molecule has 0 unspecified atom stereocenters. The molecule has 0 N–H and O–H groups in total. The standard InChI is InChI=1S/C13H13NOS.BrH/c1-9-10(2)16-13(14-9)8-12(15)11-6-4-3-5-7-11;/h3-7H,8H2,1-2H3;1H. The van der Waals surface area contributed by atoms with E-state index >= 15 is 0 Å². The quantitative estimate of drug-likeness (QED) is 0.808. The van der Waals surface area contributed by atoms with Crippen molar-refractivity contribution in [2.75, 3.05) is 0 Å². The first-order chi connectivity index (χ1) is 7.66. The maximum absolute atomic E-state index is 11.9. The Balaban J connectivity index is 0.00000144. The molecule has 0 spiro atoms. The number of hydrogen-bond donors (Lipinski definition) is 0. The van der Waals surface area contributed by atoms with Gasteiger partial charge in [-0.25, -0.2) is 4.98 Å². The van der Waals surface area contributed by atoms with Gasteiger partial charge in [-0.2, -0.15) is 0 Å². The van der Waals surface area contributed by atoms with Crippen LogP contribution in [0.15, 0.2) is 30.3 Å². The summed E-state index contributed by atoms with van der Waals surface area (Å²) >= 11 is 1.61. The predicted molar refractivity (Wildman–Crippen MR) is 76.4 cm³/mol. The van der Waals surface area contributed by atoms with Gasteiger partial charge in [0, 0.05) is 10.4 Å². The normalized spacial score (nSPS) is 9.76. The summed E-state index contributed by atoms with van der Waals surface area (Å²) in [4.78, 5) is 17.5. The lowest BCUT2D eigenvalue weighted by Crippen LogP contribution is -2.02. The van der Waals surface area contributed by atoms with Gasteiger partial charge in [-0.15, -0.1) is 28.3 Å². The molecule has 2 aromatic rings. The lowest BCUT2D eigenvalue weighted by Gasteiger charge is -1.97. The fourth-order valence-electron chi connectivity index (χ4n) is 1.48. The van der Waals surface area contributed by atoms with Gasteiger partial charge in [0.05, 0.1) is 12.1 Å². The molecule has 2 nitrogen and oxygen atoms in total. The van der Waals surface area contributed by atoms with Crippen molar-refractivity contribution >= 4 is 34.1 Å². The van der Waals surface area contributed by atoms with Crippen LogP contribution in [0.2, 0.25) is 0 Å². The summed E-state index contributed by atoms with van der Waals surface area (Å²) < 4.78 is 0. The van der Waals surface area contributed by atoms with Crippen molar-refractivity contribution in [2.45, 2.75) is 20.3 Å². The van der Waals surface area contributed by atoms with Gasteiger partial charge in [-0.05, 0) is 13.8 Å². The van der Waals surface area contributed by atoms with Crippen molar-refractivity contribution in [3.63, 3.8) is 0 Å². The van der Waals surface area contributed by atoms with Crippen LogP contribution in [0.4, 0.5) is 0 Å². The summed E-state index contributed by atoms with van der Waals surface area (Å²) in [5.74, 6) is 0.134. The first kappa shape index (κ1) is 14.1. The zero-order chi connectivity index (χ0) is 11.5. The highest BCUT2D eigenvalue weighted by Crippen LogP contribution is 2.18. The Morgan fingerprint density at radius 3 is 2.41 bits per heavy atom. The molecule has 1 heterocycles. The summed E-state index contributed by atoms with van der Waals surface area (Å²) in [6.45, 7) is 4.01. The number of hydrogen-bond acceptors (Lipinski definition) is 3. The molecule has 0 radical (unpaired) electrons. The molecule has 17 heavy (non-hydrogen) atoms. The van der Waals surface area contributed by atoms with Crippen molar-refractivity contribution in [3.05, 3.63) is 51.5 Å². The number of aryl methyl sites for hydroxylation is 2. The highest BCUT2D eigenvalue weighted by molar-refractivity contribution is 8.93. The molecule has 4 heteroatoms. The summed E-state index contributed by atoms with van der Waals surface area (Å²) in [5.41, 5.74) is 1.79. The zero-order valence-corrected chi connectivity index (χ0v) is 12.3. The summed E-state index contributed by atoms with van der Waals surface area (Å²) in [7, 11) is 0. The second kappa shape index (κ2) is 6.07. The molecular weight excluding hydrogens is 298 g/mol. The highest BCUT2D eigenvalue weighted by atomic mass is 79.9. The third-order valence-electron chi connectivity index (χ3n) is 2.48. The number of halogens is 1. The van der Waals surface area contributed by atoms with Gasteiger partial charge in [0.1, 0.15) is 5.01 Å². The highest BCUT2D eigenvalue weighted by Gasteiger charge is 2.10. The number of carbonyl (C=O) groups excluding carboxylic acids is 1. The third-order valence-corrected chi connectivity index (χ3v) is 3.55. The van der Waals surface area contributed by atoms with Gasteiger partial charge in [0.2, 0.25) is 0 Å². The topological polar surface area (TPSA) is 30.0 Å². The molecule has 0 saturated heterocycles. The molecule has 2 rings (SSSR count). The van der Waals surface area contributed by atoms with E-state index in [1.807, 2.05) is 44.2 Å². The fraction of sp³-hybridized carbons (Fsp3) is 0.231. The van der Waals surface area contributed by atoms with E-state index < -0.39 is 0 Å². The number of benzene rings is 1. The molecular formula is C13H14BrNOS. The molecule has 0 aliphatic rings. The van der Waals surface area contributed by atoms with E-state index in [1.165, 1.54) is 4.88 Å². The molecule has 1 aromatic heterocycles. The summed E-state index contributed by atoms with van der Waals surface area (Å²) in [5, 5.41) is 0.906. The smallest absolute Gasteiger partial charge is 0.169 e. The van der Waals surface area contributed by atoms with Crippen LogP contribution in [0.1, 0.15) is 25.9 Å². The van der Waals surface area contributed by atoms with Crippen LogP contribution in [-0.2, 0) is 6.42 Å². The van der Waals surface area contributed by atoms with Crippen LogP contribution in [0.5, 0.6) is 0 Å². The Morgan fingerprint density at radius 1 is 1.24 bits per heavy atom. The SMILES string of the molecule is Br.Cc1nc(CC(=O)c2ccccc2)sc1C. The van der Waals surface area contributed by atoms with Crippen LogP contribution in [-0.4, -0.2) is 10.8 Å². The minimum atomic E-state index is 0. The first-order valence-electron chi connectivity index (χ1n) is 5.18. The number of carbonyl (C=O) groups is 1. The monoisotopic (exact) mass is 311 g/mol. The fourth-order valence-corrected chi connectivity index (χ4v) is 2.41. The minimum Gasteiger partial charge on any atom is -0.294 e. The Kier molecular flexibility index (Phi) is 5.02. The second-order valence-electron chi connectivity index (χ2n) is 3.72. The molecule has 0 aliphatic heterocycles. The molecule has 1 aromatic carbocycles. The van der Waals surface area contributed by atoms with Crippen LogP contribution < -0.4 is 0 Å². The van der Waals surface area contributed by atoms with E-state index in [9.17, 15) is 4.79 Å². The zero-order valence-electron chi connectivity index (χ0n) is 9.77. The Labute approximate surface area is 115 Å². The van der Waals surface area contributed by atoms with Crippen molar-refractivity contribution in [2.24, 2.45) is 0 Å². The molecule has 90 valence electrons. The van der Waals surface area contributed by atoms with Crippen molar-refractivity contribution in [1.29, 1.82) is 0 Å². The van der Waals surface area contributed by atoms with Crippen LogP contribution in [0.25, 0.3) is 0 Å². The van der Waals surface area contributed by atoms with E-state index in [0.29, 0.717) is 6.42 Å². The van der Waals surface area contributed by atoms with Crippen LogP contribution in [0.3, 0.4) is 0 Å². The maximum Gasteiger partial charge on any atom is 0.169 e. The van der Waals surface area contributed by atoms with Gasteiger partial charge in [0.25, 0.3) is 0 Å². The number of rotatable bonds is 3. The lowest BCUT2D eigenvalue weighted by molar-refractivity contribution is 0.0993. The van der Waals surface area contributed by atoms with Gasteiger partial charge in [0.15, 0.2) is 5.78 Å². The van der Waals surface area contributed by atoms with Gasteiger partial charge >= 0.3 is 0 Å². The molecule has 0 aliphatic carbocycles. The second-order valence-corrected chi connectivity index (χ2v) is 5.00. The minimum absolute atomic E-state index is 0. The summed E-state index contributed by atoms with van der Waals surface area (Å²) in [6.07, 6.45) is 0.406. The van der Waals surface area contributed by atoms with E-state index in [0.717, 1.165) is 16.3 Å². The molecule has 0 amide bonds. The van der Waals surface area contributed by atoms with Crippen molar-refractivity contribution in [1.82, 2.24) is 4.98 Å². The maximum atomic E-state index is 11.9. The number of thiazole rings is 1.